The number of halogens is 12. The highest BCUT2D eigenvalue weighted by Gasteiger charge is 2.68. The Morgan fingerprint density at radius 3 is 1.44 bits per heavy atom. The van der Waals surface area contributed by atoms with Crippen LogP contribution in [0.1, 0.15) is 11.1 Å². The minimum atomic E-state index is -6.60. The summed E-state index contributed by atoms with van der Waals surface area (Å²) in [7, 11) is -2.59. The first-order valence-corrected chi connectivity index (χ1v) is 7.58. The maximum absolute atomic E-state index is 13.5. The zero-order valence-corrected chi connectivity index (χ0v) is 12.3. The van der Waals surface area contributed by atoms with Crippen LogP contribution in [0.4, 0.5) is 48.3 Å². The van der Waals surface area contributed by atoms with Crippen LogP contribution in [0.2, 0.25) is 0 Å². The molecule has 0 bridgehead atoms. The molecule has 1 rings (SSSR count). The van der Waals surface area contributed by atoms with Crippen LogP contribution in [0.3, 0.4) is 0 Å². The summed E-state index contributed by atoms with van der Waals surface area (Å²) >= 11 is 0. The van der Waals surface area contributed by atoms with Gasteiger partial charge in [-0.2, -0.15) is 26.3 Å². The molecule has 15 heteroatoms. The van der Waals surface area contributed by atoms with Gasteiger partial charge in [-0.1, -0.05) is 0 Å². The molecule has 0 saturated heterocycles. The number of alkyl halides is 4. The predicted molar refractivity (Wildman–Crippen MR) is 60.1 cm³/mol. The first kappa shape index (κ1) is 21.5. The topological polar surface area (TPSA) is 34.1 Å². The number of hydrogen-bond acceptors (Lipinski definition) is 2. The number of benzene rings is 1. The summed E-state index contributed by atoms with van der Waals surface area (Å²) < 4.78 is 165. The third kappa shape index (κ3) is 3.16. The van der Waals surface area contributed by atoms with Crippen LogP contribution in [0, 0.1) is 23.3 Å². The van der Waals surface area contributed by atoms with Crippen molar-refractivity contribution in [2.45, 2.75) is 11.2 Å². The second kappa shape index (κ2) is 6.30. The van der Waals surface area contributed by atoms with Gasteiger partial charge in [0.25, 0.3) is 0 Å². The summed E-state index contributed by atoms with van der Waals surface area (Å²) in [5.41, 5.74) is -6.29. The van der Waals surface area contributed by atoms with Gasteiger partial charge in [0.05, 0.1) is 5.56 Å². The fraction of sp³-hybridized carbons (Fsp3) is 0.200. The minimum absolute atomic E-state index is 2.80. The standard InChI is InChI=1S/C10ClF11O2S/c11-25(23,24)10(21,22)9(19,20)2-6(15)3(12)1(4(13)7(2)16)5(14)8(17)18. The van der Waals surface area contributed by atoms with E-state index in [-0.39, 0.29) is 0 Å². The number of hydrogen-bond donors (Lipinski definition) is 0. The van der Waals surface area contributed by atoms with E-state index in [1.165, 1.54) is 0 Å². The predicted octanol–water partition coefficient (Wildman–Crippen LogP) is 5.03. The van der Waals surface area contributed by atoms with Crippen LogP contribution in [-0.4, -0.2) is 13.7 Å². The molecule has 142 valence electrons. The van der Waals surface area contributed by atoms with E-state index in [2.05, 4.69) is 10.7 Å². The van der Waals surface area contributed by atoms with Crippen molar-refractivity contribution in [3.63, 3.8) is 0 Å². The quantitative estimate of drug-likeness (QED) is 0.383. The van der Waals surface area contributed by atoms with Gasteiger partial charge < -0.3 is 0 Å². The highest BCUT2D eigenvalue weighted by molar-refractivity contribution is 8.14. The molecule has 0 fully saturated rings. The molecular weight excluding hydrogens is 429 g/mol. The van der Waals surface area contributed by atoms with Gasteiger partial charge in [-0.25, -0.2) is 30.4 Å². The summed E-state index contributed by atoms with van der Waals surface area (Å²) in [6.07, 6.45) is -3.52. The van der Waals surface area contributed by atoms with Crippen molar-refractivity contribution >= 4 is 25.6 Å². The molecule has 1 aromatic rings. The SMILES string of the molecule is O=S(=O)(Cl)C(F)(F)C(F)(F)c1c(F)c(F)c(C(F)=C(F)F)c(F)c1F. The molecule has 1 aromatic carbocycles. The van der Waals surface area contributed by atoms with E-state index < -0.39 is 66.5 Å². The van der Waals surface area contributed by atoms with Crippen molar-refractivity contribution in [3.8, 4) is 0 Å². The average molecular weight is 429 g/mol. The lowest BCUT2D eigenvalue weighted by Gasteiger charge is -2.25. The van der Waals surface area contributed by atoms with E-state index in [1.807, 2.05) is 0 Å². The Morgan fingerprint density at radius 2 is 1.16 bits per heavy atom. The largest absolute Gasteiger partial charge is 0.425 e. The molecule has 0 radical (unpaired) electrons. The molecule has 0 amide bonds. The Kier molecular flexibility index (Phi) is 5.41. The highest BCUT2D eigenvalue weighted by atomic mass is 35.7. The van der Waals surface area contributed by atoms with Crippen LogP contribution in [-0.2, 0) is 15.0 Å². The lowest BCUT2D eigenvalue weighted by Crippen LogP contribution is -2.44. The molecule has 0 atom stereocenters. The molecule has 0 aliphatic carbocycles. The van der Waals surface area contributed by atoms with Gasteiger partial charge >= 0.3 is 26.3 Å². The lowest BCUT2D eigenvalue weighted by atomic mass is 10.0. The summed E-state index contributed by atoms with van der Waals surface area (Å²) in [4.78, 5) is 0. The third-order valence-electron chi connectivity index (χ3n) is 2.63. The molecule has 0 aliphatic rings. The Balaban J connectivity index is 3.98. The van der Waals surface area contributed by atoms with Crippen molar-refractivity contribution in [2.75, 3.05) is 0 Å². The van der Waals surface area contributed by atoms with Crippen LogP contribution < -0.4 is 0 Å². The Morgan fingerprint density at radius 1 is 0.800 bits per heavy atom. The summed E-state index contributed by atoms with van der Waals surface area (Å²) in [6, 6.07) is 0. The second-order valence-corrected chi connectivity index (χ2v) is 6.72. The highest BCUT2D eigenvalue weighted by Crippen LogP contribution is 2.50. The van der Waals surface area contributed by atoms with E-state index in [0.717, 1.165) is 0 Å². The van der Waals surface area contributed by atoms with E-state index >= 15 is 0 Å². The van der Waals surface area contributed by atoms with Gasteiger partial charge in [0, 0.05) is 10.7 Å². The van der Waals surface area contributed by atoms with Gasteiger partial charge in [-0.15, -0.1) is 0 Å². The van der Waals surface area contributed by atoms with Crippen LogP contribution >= 0.6 is 10.7 Å². The molecule has 0 N–H and O–H groups in total. The zero-order chi connectivity index (χ0) is 20.1. The average Bonchev–Trinajstić information content (AvgIpc) is 2.43. The maximum atomic E-state index is 13.5. The van der Waals surface area contributed by atoms with E-state index in [1.54, 1.807) is 0 Å². The van der Waals surface area contributed by atoms with Crippen molar-refractivity contribution in [1.29, 1.82) is 0 Å². The Hall–Kier alpha value is -1.57. The second-order valence-electron chi connectivity index (χ2n) is 4.11. The summed E-state index contributed by atoms with van der Waals surface area (Å²) in [5, 5.41) is -6.48. The van der Waals surface area contributed by atoms with Crippen LogP contribution in [0.15, 0.2) is 6.08 Å². The molecule has 2 nitrogen and oxygen atoms in total. The molecule has 0 aliphatic heterocycles. The maximum Gasteiger partial charge on any atom is 0.425 e. The Labute approximate surface area is 134 Å². The van der Waals surface area contributed by atoms with Gasteiger partial charge in [0.15, 0.2) is 23.3 Å². The first-order chi connectivity index (χ1) is 11.0. The zero-order valence-electron chi connectivity index (χ0n) is 10.8. The van der Waals surface area contributed by atoms with E-state index in [4.69, 9.17) is 0 Å². The molecule has 0 spiro atoms. The molecule has 0 heterocycles. The molecule has 0 saturated carbocycles. The van der Waals surface area contributed by atoms with Crippen LogP contribution in [0.5, 0.6) is 0 Å². The fourth-order valence-corrected chi connectivity index (χ4v) is 2.19. The third-order valence-corrected chi connectivity index (χ3v) is 4.08. The van der Waals surface area contributed by atoms with Crippen molar-refractivity contribution in [3.05, 3.63) is 40.5 Å². The van der Waals surface area contributed by atoms with Crippen molar-refractivity contribution < 1.29 is 56.7 Å². The molecule has 25 heavy (non-hydrogen) atoms. The normalized spacial score (nSPS) is 13.1. The Bertz CT molecular complexity index is 829. The van der Waals surface area contributed by atoms with Crippen molar-refractivity contribution in [2.24, 2.45) is 0 Å². The van der Waals surface area contributed by atoms with Gasteiger partial charge in [-0.05, 0) is 0 Å². The van der Waals surface area contributed by atoms with Crippen molar-refractivity contribution in [1.82, 2.24) is 0 Å². The van der Waals surface area contributed by atoms with Gasteiger partial charge in [0.1, 0.15) is 5.56 Å². The van der Waals surface area contributed by atoms with E-state index in [9.17, 15) is 56.7 Å². The number of rotatable bonds is 4. The lowest BCUT2D eigenvalue weighted by molar-refractivity contribution is -0.166. The molecular formula is C10ClF11O2S. The fourth-order valence-electron chi connectivity index (χ4n) is 1.49. The first-order valence-electron chi connectivity index (χ1n) is 5.27. The minimum Gasteiger partial charge on any atom is -0.206 e. The van der Waals surface area contributed by atoms with Gasteiger partial charge in [-0.3, -0.25) is 0 Å². The summed E-state index contributed by atoms with van der Waals surface area (Å²) in [5.74, 6) is -23.1. The van der Waals surface area contributed by atoms with Gasteiger partial charge in [0.2, 0.25) is 5.83 Å². The summed E-state index contributed by atoms with van der Waals surface area (Å²) in [6.45, 7) is 0. The monoisotopic (exact) mass is 428 g/mol. The van der Waals surface area contributed by atoms with E-state index in [0.29, 0.717) is 0 Å². The smallest absolute Gasteiger partial charge is 0.206 e. The molecule has 0 unspecified atom stereocenters. The molecule has 0 aromatic heterocycles. The van der Waals surface area contributed by atoms with Crippen LogP contribution in [0.25, 0.3) is 5.83 Å².